The van der Waals surface area contributed by atoms with Crippen molar-refractivity contribution < 1.29 is 9.59 Å². The highest BCUT2D eigenvalue weighted by Gasteiger charge is 2.25. The van der Waals surface area contributed by atoms with Crippen LogP contribution in [0.2, 0.25) is 0 Å². The largest absolute Gasteiger partial charge is 0.338 e. The number of nitrogens with zero attached hydrogens (tertiary/aromatic N) is 6. The Morgan fingerprint density at radius 3 is 2.44 bits per heavy atom. The van der Waals surface area contributed by atoms with Gasteiger partial charge >= 0.3 is 6.03 Å². The topological polar surface area (TPSA) is 96.2 Å². The Kier molecular flexibility index (Phi) is 6.69. The molecule has 3 amide bonds. The van der Waals surface area contributed by atoms with Gasteiger partial charge in [0.15, 0.2) is 0 Å². The Morgan fingerprint density at radius 1 is 0.969 bits per heavy atom. The monoisotopic (exact) mass is 451 g/mol. The summed E-state index contributed by atoms with van der Waals surface area (Å²) in [4.78, 5) is 28.7. The van der Waals surface area contributed by atoms with E-state index >= 15 is 0 Å². The second kappa shape index (κ2) is 9.82. The zero-order valence-electron chi connectivity index (χ0n) is 18.1. The highest BCUT2D eigenvalue weighted by Crippen LogP contribution is 2.22. The molecule has 1 N–H and O–H groups in total. The highest BCUT2D eigenvalue weighted by atomic mass is 32.2. The van der Waals surface area contributed by atoms with Crippen LogP contribution >= 0.6 is 11.8 Å². The molecule has 2 heterocycles. The molecule has 1 saturated heterocycles. The standard InChI is InChI=1S/C22H25N7O2S/c1-16-7-6-10-19(17(16)2)29-22(24-25-26-29)32-15-20(30)27-11-13-28(14-12-27)21(31)23-18-8-4-3-5-9-18/h3-10H,11-15H2,1-2H3,(H,23,31). The third kappa shape index (κ3) is 4.91. The zero-order valence-corrected chi connectivity index (χ0v) is 18.9. The van der Waals surface area contributed by atoms with Crippen LogP contribution in [0.4, 0.5) is 10.5 Å². The molecule has 1 aliphatic heterocycles. The molecule has 0 spiro atoms. The number of tetrazole rings is 1. The smallest absolute Gasteiger partial charge is 0.321 e. The van der Waals surface area contributed by atoms with Gasteiger partial charge in [-0.25, -0.2) is 4.79 Å². The molecule has 0 atom stereocenters. The second-order valence-electron chi connectivity index (χ2n) is 7.54. The third-order valence-corrected chi connectivity index (χ3v) is 6.42. The van der Waals surface area contributed by atoms with E-state index in [0.29, 0.717) is 31.3 Å². The first-order valence-corrected chi connectivity index (χ1v) is 11.4. The van der Waals surface area contributed by atoms with E-state index in [1.54, 1.807) is 14.5 Å². The molecule has 3 aromatic rings. The summed E-state index contributed by atoms with van der Waals surface area (Å²) >= 11 is 1.32. The molecule has 4 rings (SSSR count). The molecule has 0 unspecified atom stereocenters. The SMILES string of the molecule is Cc1cccc(-n2nnnc2SCC(=O)N2CCN(C(=O)Nc3ccccc3)CC2)c1C. The molecule has 0 aliphatic carbocycles. The summed E-state index contributed by atoms with van der Waals surface area (Å²) in [5, 5.41) is 15.4. The van der Waals surface area contributed by atoms with Crippen molar-refractivity contribution in [1.29, 1.82) is 0 Å². The quantitative estimate of drug-likeness (QED) is 0.599. The lowest BCUT2D eigenvalue weighted by molar-refractivity contribution is -0.129. The normalized spacial score (nSPS) is 13.8. The number of aryl methyl sites for hydroxylation is 1. The minimum absolute atomic E-state index is 0.00799. The van der Waals surface area contributed by atoms with Crippen LogP contribution in [0.1, 0.15) is 11.1 Å². The second-order valence-corrected chi connectivity index (χ2v) is 8.49. The minimum atomic E-state index is -0.148. The number of hydrogen-bond acceptors (Lipinski definition) is 6. The van der Waals surface area contributed by atoms with E-state index in [0.717, 1.165) is 22.5 Å². The molecule has 0 bridgehead atoms. The lowest BCUT2D eigenvalue weighted by atomic mass is 10.1. The van der Waals surface area contributed by atoms with Crippen molar-refractivity contribution in [2.24, 2.45) is 0 Å². The van der Waals surface area contributed by atoms with Gasteiger partial charge in [-0.05, 0) is 53.6 Å². The van der Waals surface area contributed by atoms with Crippen LogP contribution in [-0.4, -0.2) is 73.9 Å². The fraction of sp³-hybridized carbons (Fsp3) is 0.318. The summed E-state index contributed by atoms with van der Waals surface area (Å²) in [6.45, 7) is 6.07. The maximum atomic E-state index is 12.7. The number of hydrogen-bond donors (Lipinski definition) is 1. The molecule has 10 heteroatoms. The van der Waals surface area contributed by atoms with Gasteiger partial charge in [0.05, 0.1) is 11.4 Å². The number of aromatic nitrogens is 4. The number of piperazine rings is 1. The molecule has 32 heavy (non-hydrogen) atoms. The summed E-state index contributed by atoms with van der Waals surface area (Å²) in [6, 6.07) is 15.2. The zero-order chi connectivity index (χ0) is 22.5. The number of carbonyl (C=O) groups is 2. The van der Waals surface area contributed by atoms with Crippen LogP contribution in [0, 0.1) is 13.8 Å². The molecule has 1 fully saturated rings. The van der Waals surface area contributed by atoms with Gasteiger partial charge in [0, 0.05) is 31.9 Å². The summed E-state index contributed by atoms with van der Waals surface area (Å²) < 4.78 is 1.67. The van der Waals surface area contributed by atoms with Crippen LogP contribution in [-0.2, 0) is 4.79 Å². The van der Waals surface area contributed by atoms with E-state index in [9.17, 15) is 9.59 Å². The van der Waals surface area contributed by atoms with Crippen LogP contribution in [0.15, 0.2) is 53.7 Å². The Labute approximate surface area is 190 Å². The number of anilines is 1. The van der Waals surface area contributed by atoms with Gasteiger partial charge in [-0.3, -0.25) is 4.79 Å². The van der Waals surface area contributed by atoms with Gasteiger partial charge in [0.1, 0.15) is 0 Å². The average molecular weight is 452 g/mol. The molecule has 1 aliphatic rings. The van der Waals surface area contributed by atoms with E-state index in [1.165, 1.54) is 11.8 Å². The van der Waals surface area contributed by atoms with E-state index in [4.69, 9.17) is 0 Å². The molecule has 166 valence electrons. The number of thioether (sulfide) groups is 1. The fourth-order valence-electron chi connectivity index (χ4n) is 3.49. The Morgan fingerprint density at radius 2 is 1.69 bits per heavy atom. The lowest BCUT2D eigenvalue weighted by Gasteiger charge is -2.34. The number of rotatable bonds is 5. The van der Waals surface area contributed by atoms with Gasteiger partial charge in [0.25, 0.3) is 0 Å². The summed E-state index contributed by atoms with van der Waals surface area (Å²) in [6.07, 6.45) is 0. The number of carbonyl (C=O) groups excluding carboxylic acids is 2. The molecular formula is C22H25N7O2S. The van der Waals surface area contributed by atoms with Crippen molar-refractivity contribution >= 4 is 29.4 Å². The van der Waals surface area contributed by atoms with E-state index < -0.39 is 0 Å². The third-order valence-electron chi connectivity index (χ3n) is 5.51. The molecule has 0 radical (unpaired) electrons. The van der Waals surface area contributed by atoms with Gasteiger partial charge in [0.2, 0.25) is 11.1 Å². The highest BCUT2D eigenvalue weighted by molar-refractivity contribution is 7.99. The number of nitrogens with one attached hydrogen (secondary N) is 1. The molecular weight excluding hydrogens is 426 g/mol. The number of urea groups is 1. The maximum absolute atomic E-state index is 12.7. The fourth-order valence-corrected chi connectivity index (χ4v) is 4.27. The first-order chi connectivity index (χ1) is 15.5. The van der Waals surface area contributed by atoms with Crippen molar-refractivity contribution in [2.45, 2.75) is 19.0 Å². The maximum Gasteiger partial charge on any atom is 0.321 e. The molecule has 2 aromatic carbocycles. The van der Waals surface area contributed by atoms with Crippen molar-refractivity contribution in [1.82, 2.24) is 30.0 Å². The number of para-hydroxylation sites is 1. The summed E-state index contributed by atoms with van der Waals surface area (Å²) in [5.74, 6) is 0.246. The summed E-state index contributed by atoms with van der Waals surface area (Å²) in [5.41, 5.74) is 3.91. The van der Waals surface area contributed by atoms with Gasteiger partial charge in [-0.15, -0.1) is 5.10 Å². The Hall–Kier alpha value is -3.40. The molecule has 1 aromatic heterocycles. The van der Waals surface area contributed by atoms with E-state index in [-0.39, 0.29) is 17.7 Å². The van der Waals surface area contributed by atoms with Crippen LogP contribution in [0.5, 0.6) is 0 Å². The number of benzene rings is 2. The van der Waals surface area contributed by atoms with Crippen molar-refractivity contribution in [3.8, 4) is 5.69 Å². The average Bonchev–Trinajstić information content (AvgIpc) is 3.28. The first-order valence-electron chi connectivity index (χ1n) is 10.4. The van der Waals surface area contributed by atoms with Crippen LogP contribution < -0.4 is 5.32 Å². The predicted molar refractivity (Wildman–Crippen MR) is 123 cm³/mol. The number of amides is 3. The molecule has 9 nitrogen and oxygen atoms in total. The molecule has 0 saturated carbocycles. The van der Waals surface area contributed by atoms with Crippen molar-refractivity contribution in [3.63, 3.8) is 0 Å². The van der Waals surface area contributed by atoms with Gasteiger partial charge < -0.3 is 15.1 Å². The predicted octanol–water partition coefficient (Wildman–Crippen LogP) is 2.75. The van der Waals surface area contributed by atoms with Crippen molar-refractivity contribution in [2.75, 3.05) is 37.2 Å². The van der Waals surface area contributed by atoms with Crippen LogP contribution in [0.3, 0.4) is 0 Å². The van der Waals surface area contributed by atoms with E-state index in [2.05, 4.69) is 20.8 Å². The van der Waals surface area contributed by atoms with E-state index in [1.807, 2.05) is 62.4 Å². The Bertz CT molecular complexity index is 1090. The van der Waals surface area contributed by atoms with Gasteiger partial charge in [-0.1, -0.05) is 42.1 Å². The van der Waals surface area contributed by atoms with Crippen molar-refractivity contribution in [3.05, 3.63) is 59.7 Å². The lowest BCUT2D eigenvalue weighted by Crippen LogP contribution is -2.52. The van der Waals surface area contributed by atoms with Crippen LogP contribution in [0.25, 0.3) is 5.69 Å². The summed E-state index contributed by atoms with van der Waals surface area (Å²) in [7, 11) is 0. The Balaban J connectivity index is 1.30. The van der Waals surface area contributed by atoms with Gasteiger partial charge in [-0.2, -0.15) is 4.68 Å². The minimum Gasteiger partial charge on any atom is -0.338 e. The first kappa shape index (κ1) is 21.8.